The first-order valence-electron chi connectivity index (χ1n) is 9.71. The van der Waals surface area contributed by atoms with Gasteiger partial charge in [-0.25, -0.2) is 4.39 Å². The molecule has 4 rings (SSSR count). The quantitative estimate of drug-likeness (QED) is 0.457. The Morgan fingerprint density at radius 1 is 1.13 bits per heavy atom. The summed E-state index contributed by atoms with van der Waals surface area (Å²) in [6.07, 6.45) is 0.449. The van der Waals surface area contributed by atoms with Gasteiger partial charge in [-0.2, -0.15) is 5.26 Å². The molecule has 1 heterocycles. The second-order valence-corrected chi connectivity index (χ2v) is 7.23. The number of aromatic nitrogens is 1. The van der Waals surface area contributed by atoms with E-state index in [1.54, 1.807) is 34.9 Å². The molecular formula is C25H19FN2O3. The minimum absolute atomic E-state index is 0.197. The van der Waals surface area contributed by atoms with Crippen LogP contribution in [0.15, 0.2) is 66.7 Å². The van der Waals surface area contributed by atoms with Crippen LogP contribution in [-0.4, -0.2) is 15.6 Å². The number of aliphatic carboxylic acids is 1. The molecule has 0 atom stereocenters. The van der Waals surface area contributed by atoms with Crippen molar-refractivity contribution in [2.24, 2.45) is 0 Å². The fourth-order valence-corrected chi connectivity index (χ4v) is 3.75. The minimum Gasteiger partial charge on any atom is -0.480 e. The van der Waals surface area contributed by atoms with Gasteiger partial charge in [0.15, 0.2) is 0 Å². The number of para-hydroxylation sites is 1. The van der Waals surface area contributed by atoms with Gasteiger partial charge >= 0.3 is 5.97 Å². The minimum atomic E-state index is -0.958. The molecule has 6 heteroatoms. The molecule has 0 bridgehead atoms. The van der Waals surface area contributed by atoms with E-state index < -0.39 is 5.97 Å². The van der Waals surface area contributed by atoms with E-state index >= 15 is 0 Å². The summed E-state index contributed by atoms with van der Waals surface area (Å²) in [5, 5.41) is 19.0. The molecule has 1 aromatic heterocycles. The smallest absolute Gasteiger partial charge is 0.323 e. The molecule has 1 N–H and O–H groups in total. The van der Waals surface area contributed by atoms with E-state index in [0.29, 0.717) is 34.4 Å². The topological polar surface area (TPSA) is 75.2 Å². The third-order valence-electron chi connectivity index (χ3n) is 5.26. The van der Waals surface area contributed by atoms with Crippen LogP contribution >= 0.6 is 0 Å². The maximum atomic E-state index is 14.0. The van der Waals surface area contributed by atoms with E-state index in [4.69, 9.17) is 10.00 Å². The lowest BCUT2D eigenvalue weighted by Crippen LogP contribution is -2.10. The summed E-state index contributed by atoms with van der Waals surface area (Å²) >= 11 is 0. The Bertz CT molecular complexity index is 1320. The zero-order chi connectivity index (χ0) is 22.0. The third kappa shape index (κ3) is 4.12. The van der Waals surface area contributed by atoms with Crippen LogP contribution in [0.3, 0.4) is 0 Å². The number of carbonyl (C=O) groups is 1. The second kappa shape index (κ2) is 8.33. The molecule has 0 fully saturated rings. The molecular weight excluding hydrogens is 395 g/mol. The number of hydrogen-bond donors (Lipinski definition) is 1. The van der Waals surface area contributed by atoms with Crippen molar-refractivity contribution in [1.82, 2.24) is 4.57 Å². The van der Waals surface area contributed by atoms with Gasteiger partial charge in [0.1, 0.15) is 23.9 Å². The Hall–Kier alpha value is -4.11. The van der Waals surface area contributed by atoms with Crippen molar-refractivity contribution in [3.05, 3.63) is 94.9 Å². The van der Waals surface area contributed by atoms with E-state index in [9.17, 15) is 14.3 Å². The number of nitriles is 1. The number of carboxylic acid groups (broad SMARTS) is 1. The summed E-state index contributed by atoms with van der Waals surface area (Å²) in [6, 6.07) is 20.8. The Morgan fingerprint density at radius 2 is 1.87 bits per heavy atom. The standard InChI is InChI=1S/C25H19FN2O3/c1-16-21(22-13-19(26)8-11-23(22)28(16)15-25(29)30)12-18-4-2-3-5-24(18)31-20-9-6-17(14-27)7-10-20/h2-11,13H,12,15H2,1H3,(H,29,30). The SMILES string of the molecule is Cc1c(Cc2ccccc2Oc2ccc(C#N)cc2)c2cc(F)ccc2n1CC(=O)O. The molecule has 0 spiro atoms. The van der Waals surface area contributed by atoms with Crippen LogP contribution < -0.4 is 4.74 Å². The first kappa shape index (κ1) is 20.2. The Labute approximate surface area is 178 Å². The van der Waals surface area contributed by atoms with Gasteiger partial charge < -0.3 is 14.4 Å². The summed E-state index contributed by atoms with van der Waals surface area (Å²) in [5.74, 6) is -0.0894. The fourth-order valence-electron chi connectivity index (χ4n) is 3.75. The number of halogens is 1. The van der Waals surface area contributed by atoms with Crippen LogP contribution in [-0.2, 0) is 17.8 Å². The van der Waals surface area contributed by atoms with Gasteiger partial charge in [-0.3, -0.25) is 4.79 Å². The van der Waals surface area contributed by atoms with Crippen LogP contribution in [0.4, 0.5) is 4.39 Å². The zero-order valence-electron chi connectivity index (χ0n) is 16.8. The molecule has 0 amide bonds. The van der Waals surface area contributed by atoms with E-state index in [0.717, 1.165) is 16.8 Å². The first-order valence-corrected chi connectivity index (χ1v) is 9.71. The molecule has 4 aromatic rings. The van der Waals surface area contributed by atoms with Crippen molar-refractivity contribution in [2.45, 2.75) is 19.9 Å². The number of carboxylic acids is 1. The molecule has 31 heavy (non-hydrogen) atoms. The summed E-state index contributed by atoms with van der Waals surface area (Å²) in [6.45, 7) is 1.65. The van der Waals surface area contributed by atoms with Crippen LogP contribution in [0.1, 0.15) is 22.4 Å². The van der Waals surface area contributed by atoms with Gasteiger partial charge in [0.2, 0.25) is 0 Å². The van der Waals surface area contributed by atoms with Gasteiger partial charge in [0.25, 0.3) is 0 Å². The normalized spacial score (nSPS) is 10.7. The highest BCUT2D eigenvalue weighted by Gasteiger charge is 2.18. The number of benzene rings is 3. The molecule has 3 aromatic carbocycles. The number of rotatable bonds is 6. The Balaban J connectivity index is 1.74. The number of hydrogen-bond acceptors (Lipinski definition) is 3. The zero-order valence-corrected chi connectivity index (χ0v) is 16.8. The van der Waals surface area contributed by atoms with E-state index in [-0.39, 0.29) is 12.4 Å². The first-order chi connectivity index (χ1) is 15.0. The van der Waals surface area contributed by atoms with E-state index in [1.807, 2.05) is 31.2 Å². The molecule has 0 saturated carbocycles. The Morgan fingerprint density at radius 3 is 2.58 bits per heavy atom. The van der Waals surface area contributed by atoms with Crippen molar-refractivity contribution in [3.63, 3.8) is 0 Å². The van der Waals surface area contributed by atoms with Crippen molar-refractivity contribution in [1.29, 1.82) is 5.26 Å². The van der Waals surface area contributed by atoms with Gasteiger partial charge in [0, 0.05) is 23.0 Å². The highest BCUT2D eigenvalue weighted by atomic mass is 19.1. The van der Waals surface area contributed by atoms with Crippen molar-refractivity contribution in [3.8, 4) is 17.6 Å². The van der Waals surface area contributed by atoms with E-state index in [2.05, 4.69) is 6.07 Å². The summed E-state index contributed by atoms with van der Waals surface area (Å²) in [5.41, 5.74) is 3.74. The number of fused-ring (bicyclic) bond motifs is 1. The predicted molar refractivity (Wildman–Crippen MR) is 115 cm³/mol. The lowest BCUT2D eigenvalue weighted by molar-refractivity contribution is -0.137. The molecule has 0 aliphatic heterocycles. The summed E-state index contributed by atoms with van der Waals surface area (Å²) in [7, 11) is 0. The predicted octanol–water partition coefficient (Wildman–Crippen LogP) is 5.43. The van der Waals surface area contributed by atoms with Gasteiger partial charge in [0.05, 0.1) is 11.6 Å². The molecule has 5 nitrogen and oxygen atoms in total. The van der Waals surface area contributed by atoms with Gasteiger partial charge in [-0.15, -0.1) is 0 Å². The van der Waals surface area contributed by atoms with Gasteiger partial charge in [-0.05, 0) is 66.6 Å². The highest BCUT2D eigenvalue weighted by molar-refractivity contribution is 5.87. The average molecular weight is 414 g/mol. The van der Waals surface area contributed by atoms with Crippen LogP contribution in [0.25, 0.3) is 10.9 Å². The van der Waals surface area contributed by atoms with Crippen LogP contribution in [0, 0.1) is 24.1 Å². The lowest BCUT2D eigenvalue weighted by Gasteiger charge is -2.12. The Kier molecular flexibility index (Phi) is 5.42. The number of ether oxygens (including phenoxy) is 1. The van der Waals surface area contributed by atoms with Crippen molar-refractivity contribution < 1.29 is 19.0 Å². The summed E-state index contributed by atoms with van der Waals surface area (Å²) < 4.78 is 21.7. The third-order valence-corrected chi connectivity index (χ3v) is 5.26. The number of nitrogens with zero attached hydrogens (tertiary/aromatic N) is 2. The monoisotopic (exact) mass is 414 g/mol. The maximum Gasteiger partial charge on any atom is 0.323 e. The summed E-state index contributed by atoms with van der Waals surface area (Å²) in [4.78, 5) is 11.4. The van der Waals surface area contributed by atoms with Crippen LogP contribution in [0.2, 0.25) is 0 Å². The molecule has 0 radical (unpaired) electrons. The second-order valence-electron chi connectivity index (χ2n) is 7.23. The molecule has 0 aliphatic rings. The van der Waals surface area contributed by atoms with E-state index in [1.165, 1.54) is 12.1 Å². The van der Waals surface area contributed by atoms with Crippen molar-refractivity contribution in [2.75, 3.05) is 0 Å². The molecule has 0 saturated heterocycles. The van der Waals surface area contributed by atoms with Crippen LogP contribution in [0.5, 0.6) is 11.5 Å². The maximum absolute atomic E-state index is 14.0. The highest BCUT2D eigenvalue weighted by Crippen LogP contribution is 2.33. The largest absolute Gasteiger partial charge is 0.480 e. The average Bonchev–Trinajstić information content (AvgIpc) is 3.00. The molecule has 154 valence electrons. The van der Waals surface area contributed by atoms with Gasteiger partial charge in [-0.1, -0.05) is 18.2 Å². The molecule has 0 unspecified atom stereocenters. The van der Waals surface area contributed by atoms with Crippen molar-refractivity contribution >= 4 is 16.9 Å². The lowest BCUT2D eigenvalue weighted by atomic mass is 10.0. The molecule has 0 aliphatic carbocycles. The fraction of sp³-hybridized carbons (Fsp3) is 0.120.